The van der Waals surface area contributed by atoms with Gasteiger partial charge in [-0.3, -0.25) is 4.79 Å². The van der Waals surface area contributed by atoms with Crippen LogP contribution in [0, 0.1) is 13.8 Å². The lowest BCUT2D eigenvalue weighted by molar-refractivity contribution is 0.0505. The molecule has 1 saturated heterocycles. The molecule has 4 aromatic rings. The van der Waals surface area contributed by atoms with Crippen molar-refractivity contribution in [2.75, 3.05) is 13.2 Å². The van der Waals surface area contributed by atoms with Crippen molar-refractivity contribution >= 4 is 17.5 Å². The van der Waals surface area contributed by atoms with Crippen molar-refractivity contribution in [2.24, 2.45) is 0 Å². The van der Waals surface area contributed by atoms with E-state index in [9.17, 15) is 4.79 Å². The lowest BCUT2D eigenvalue weighted by atomic mass is 10.1. The number of carbonyl (C=O) groups excluding carboxylic acids is 1. The zero-order valence-electron chi connectivity index (χ0n) is 21.1. The van der Waals surface area contributed by atoms with Gasteiger partial charge in [-0.25, -0.2) is 4.68 Å². The molecule has 3 aromatic carbocycles. The number of benzene rings is 3. The fraction of sp³-hybridized carbons (Fsp3) is 0.267. The molecule has 1 aliphatic heterocycles. The summed E-state index contributed by atoms with van der Waals surface area (Å²) in [4.78, 5) is 15.6. The van der Waals surface area contributed by atoms with Gasteiger partial charge in [0.1, 0.15) is 5.75 Å². The summed E-state index contributed by atoms with van der Waals surface area (Å²) in [5.74, 6) is 1.16. The molecule has 6 nitrogen and oxygen atoms in total. The molecule has 1 fully saturated rings. The van der Waals surface area contributed by atoms with Crippen molar-refractivity contribution in [1.82, 2.24) is 14.7 Å². The molecule has 1 atom stereocenters. The van der Waals surface area contributed by atoms with E-state index in [0.29, 0.717) is 35.3 Å². The minimum absolute atomic E-state index is 0.0134. The van der Waals surface area contributed by atoms with E-state index >= 15 is 0 Å². The summed E-state index contributed by atoms with van der Waals surface area (Å²) in [6, 6.07) is 24.8. The first-order valence-corrected chi connectivity index (χ1v) is 12.9. The van der Waals surface area contributed by atoms with Crippen molar-refractivity contribution in [3.05, 3.63) is 106 Å². The van der Waals surface area contributed by atoms with Crippen LogP contribution in [0.5, 0.6) is 11.6 Å². The predicted octanol–water partition coefficient (Wildman–Crippen LogP) is 6.76. The highest BCUT2D eigenvalue weighted by Crippen LogP contribution is 2.33. The van der Waals surface area contributed by atoms with Gasteiger partial charge in [0.15, 0.2) is 0 Å². The van der Waals surface area contributed by atoms with Crippen LogP contribution in [-0.2, 0) is 11.3 Å². The SMILES string of the molecule is Cc1ccc(C(=O)N(Cc2c(C)nn(-c3ccccc3)c2Oc2ccc(Cl)cc2)C[C@@H]2CCCO2)cc1. The van der Waals surface area contributed by atoms with E-state index in [2.05, 4.69) is 0 Å². The Labute approximate surface area is 222 Å². The van der Waals surface area contributed by atoms with Crippen LogP contribution in [0.4, 0.5) is 0 Å². The molecule has 0 aliphatic carbocycles. The van der Waals surface area contributed by atoms with E-state index < -0.39 is 0 Å². The third-order valence-electron chi connectivity index (χ3n) is 6.55. The Balaban J connectivity index is 1.54. The molecule has 0 radical (unpaired) electrons. The molecule has 0 bridgehead atoms. The Bertz CT molecular complexity index is 1350. The van der Waals surface area contributed by atoms with E-state index in [1.54, 1.807) is 16.8 Å². The van der Waals surface area contributed by atoms with Crippen LogP contribution in [0.25, 0.3) is 5.69 Å². The van der Waals surface area contributed by atoms with Crippen LogP contribution in [0.1, 0.15) is 40.0 Å². The van der Waals surface area contributed by atoms with Gasteiger partial charge in [0, 0.05) is 23.7 Å². The number of rotatable bonds is 8. The van der Waals surface area contributed by atoms with Gasteiger partial charge in [-0.1, -0.05) is 47.5 Å². The normalized spacial score (nSPS) is 15.1. The second kappa shape index (κ2) is 11.2. The van der Waals surface area contributed by atoms with E-state index in [1.165, 1.54) is 0 Å². The number of ether oxygens (including phenoxy) is 2. The van der Waals surface area contributed by atoms with Gasteiger partial charge in [-0.15, -0.1) is 0 Å². The number of amides is 1. The van der Waals surface area contributed by atoms with Crippen LogP contribution < -0.4 is 4.74 Å². The summed E-state index contributed by atoms with van der Waals surface area (Å²) in [6.45, 7) is 5.54. The zero-order chi connectivity index (χ0) is 25.8. The first-order valence-electron chi connectivity index (χ1n) is 12.5. The number of hydrogen-bond acceptors (Lipinski definition) is 4. The first-order chi connectivity index (χ1) is 18.0. The summed E-state index contributed by atoms with van der Waals surface area (Å²) < 4.78 is 14.1. The number of hydrogen-bond donors (Lipinski definition) is 0. The Morgan fingerprint density at radius 1 is 1.05 bits per heavy atom. The fourth-order valence-electron chi connectivity index (χ4n) is 4.51. The van der Waals surface area contributed by atoms with Crippen LogP contribution in [-0.4, -0.2) is 39.8 Å². The zero-order valence-corrected chi connectivity index (χ0v) is 21.8. The molecule has 0 spiro atoms. The average molecular weight is 516 g/mol. The number of aryl methyl sites for hydroxylation is 2. The largest absolute Gasteiger partial charge is 0.439 e. The number of carbonyl (C=O) groups is 1. The molecule has 1 aliphatic rings. The number of para-hydroxylation sites is 1. The molecule has 0 unspecified atom stereocenters. The maximum absolute atomic E-state index is 13.7. The second-order valence-electron chi connectivity index (χ2n) is 9.36. The Hall–Kier alpha value is -3.61. The quantitative estimate of drug-likeness (QED) is 0.260. The van der Waals surface area contributed by atoms with Gasteiger partial charge in [0.25, 0.3) is 5.91 Å². The van der Waals surface area contributed by atoms with E-state index in [-0.39, 0.29) is 12.0 Å². The summed E-state index contributed by atoms with van der Waals surface area (Å²) >= 11 is 6.10. The molecule has 0 N–H and O–H groups in total. The van der Waals surface area contributed by atoms with Gasteiger partial charge in [-0.2, -0.15) is 5.10 Å². The molecular formula is C30H30ClN3O3. The van der Waals surface area contributed by atoms with Crippen molar-refractivity contribution in [1.29, 1.82) is 0 Å². The topological polar surface area (TPSA) is 56.6 Å². The molecule has 190 valence electrons. The molecule has 37 heavy (non-hydrogen) atoms. The summed E-state index contributed by atoms with van der Waals surface area (Å²) in [6.07, 6.45) is 1.96. The van der Waals surface area contributed by atoms with Crippen LogP contribution in [0.2, 0.25) is 5.02 Å². The summed E-state index contributed by atoms with van der Waals surface area (Å²) in [7, 11) is 0. The van der Waals surface area contributed by atoms with Crippen molar-refractivity contribution in [2.45, 2.75) is 39.3 Å². The Morgan fingerprint density at radius 2 is 1.78 bits per heavy atom. The third kappa shape index (κ3) is 5.87. The molecule has 0 saturated carbocycles. The molecule has 1 amide bonds. The molecule has 5 rings (SSSR count). The average Bonchev–Trinajstić information content (AvgIpc) is 3.54. The lowest BCUT2D eigenvalue weighted by Gasteiger charge is -2.26. The van der Waals surface area contributed by atoms with E-state index in [4.69, 9.17) is 26.2 Å². The van der Waals surface area contributed by atoms with Crippen LogP contribution in [0.15, 0.2) is 78.9 Å². The highest BCUT2D eigenvalue weighted by molar-refractivity contribution is 6.30. The smallest absolute Gasteiger partial charge is 0.254 e. The maximum atomic E-state index is 13.7. The Morgan fingerprint density at radius 3 is 2.46 bits per heavy atom. The van der Waals surface area contributed by atoms with Crippen molar-refractivity contribution < 1.29 is 14.3 Å². The van der Waals surface area contributed by atoms with Gasteiger partial charge >= 0.3 is 0 Å². The number of halogens is 1. The van der Waals surface area contributed by atoms with Crippen molar-refractivity contribution in [3.63, 3.8) is 0 Å². The standard InChI is InChI=1S/C30H30ClN3O3/c1-21-10-12-23(13-11-21)29(35)33(19-27-9-6-18-36-27)20-28-22(2)32-34(25-7-4-3-5-8-25)30(28)37-26-16-14-24(31)15-17-26/h3-5,7-8,10-17,27H,6,9,18-20H2,1-2H3/t27-/m0/s1. The minimum atomic E-state index is -0.0418. The highest BCUT2D eigenvalue weighted by Gasteiger charge is 2.28. The monoisotopic (exact) mass is 515 g/mol. The van der Waals surface area contributed by atoms with Crippen molar-refractivity contribution in [3.8, 4) is 17.3 Å². The van der Waals surface area contributed by atoms with Gasteiger partial charge in [-0.05, 0) is 75.2 Å². The second-order valence-corrected chi connectivity index (χ2v) is 9.80. The minimum Gasteiger partial charge on any atom is -0.439 e. The third-order valence-corrected chi connectivity index (χ3v) is 6.80. The predicted molar refractivity (Wildman–Crippen MR) is 145 cm³/mol. The fourth-order valence-corrected chi connectivity index (χ4v) is 4.63. The summed E-state index contributed by atoms with van der Waals surface area (Å²) in [5.41, 5.74) is 4.27. The van der Waals surface area contributed by atoms with Crippen LogP contribution >= 0.6 is 11.6 Å². The van der Waals surface area contributed by atoms with Crippen LogP contribution in [0.3, 0.4) is 0 Å². The molecular weight excluding hydrogens is 486 g/mol. The Kier molecular flexibility index (Phi) is 7.58. The molecule has 2 heterocycles. The number of nitrogens with zero attached hydrogens (tertiary/aromatic N) is 3. The molecule has 7 heteroatoms. The van der Waals surface area contributed by atoms with Gasteiger partial charge in [0.05, 0.1) is 29.6 Å². The maximum Gasteiger partial charge on any atom is 0.254 e. The first kappa shape index (κ1) is 25.1. The van der Waals surface area contributed by atoms with Gasteiger partial charge in [0.2, 0.25) is 5.88 Å². The summed E-state index contributed by atoms with van der Waals surface area (Å²) in [5, 5.41) is 5.45. The highest BCUT2D eigenvalue weighted by atomic mass is 35.5. The molecule has 1 aromatic heterocycles. The van der Waals surface area contributed by atoms with E-state index in [0.717, 1.165) is 42.0 Å². The van der Waals surface area contributed by atoms with Gasteiger partial charge < -0.3 is 14.4 Å². The lowest BCUT2D eigenvalue weighted by Crippen LogP contribution is -2.37. The number of aromatic nitrogens is 2. The van der Waals surface area contributed by atoms with E-state index in [1.807, 2.05) is 85.5 Å².